The van der Waals surface area contributed by atoms with Gasteiger partial charge in [0.05, 0.1) is 5.69 Å². The molecule has 0 saturated heterocycles. The van der Waals surface area contributed by atoms with E-state index in [0.29, 0.717) is 0 Å². The molecule has 18 heavy (non-hydrogen) atoms. The van der Waals surface area contributed by atoms with E-state index in [1.54, 1.807) is 0 Å². The van der Waals surface area contributed by atoms with E-state index in [1.807, 2.05) is 0 Å². The van der Waals surface area contributed by atoms with Gasteiger partial charge in [0, 0.05) is 5.56 Å². The molecule has 1 N–H and O–H groups in total. The molecule has 2 nitrogen and oxygen atoms in total. The van der Waals surface area contributed by atoms with Crippen LogP contribution in [0.3, 0.4) is 0 Å². The smallest absolute Gasteiger partial charge is 0.119 e. The van der Waals surface area contributed by atoms with E-state index in [-0.39, 0.29) is 0 Å². The molecule has 1 aromatic heterocycles. The van der Waals surface area contributed by atoms with Gasteiger partial charge >= 0.3 is 0 Å². The molecule has 0 radical (unpaired) electrons. The third-order valence-electron chi connectivity index (χ3n) is 3.75. The number of aryl methyl sites for hydroxylation is 4. The number of nitrogens with zero attached hydrogens (tertiary/aromatic N) is 1. The molecule has 2 aromatic rings. The van der Waals surface area contributed by atoms with Gasteiger partial charge < -0.3 is 0 Å². The second-order valence-electron chi connectivity index (χ2n) is 5.05. The molecule has 1 aliphatic carbocycles. The van der Waals surface area contributed by atoms with Crippen LogP contribution in [0.15, 0.2) is 18.2 Å². The van der Waals surface area contributed by atoms with Crippen LogP contribution < -0.4 is 0 Å². The van der Waals surface area contributed by atoms with Crippen molar-refractivity contribution in [1.82, 2.24) is 10.2 Å². The van der Waals surface area contributed by atoms with Gasteiger partial charge in [0.15, 0.2) is 0 Å². The summed E-state index contributed by atoms with van der Waals surface area (Å²) >= 11 is 5.17. The molecule has 0 fully saturated rings. The summed E-state index contributed by atoms with van der Waals surface area (Å²) in [5, 5.41) is 7.39. The van der Waals surface area contributed by atoms with Crippen LogP contribution >= 0.6 is 12.2 Å². The van der Waals surface area contributed by atoms with Crippen LogP contribution in [0.4, 0.5) is 0 Å². The minimum Gasteiger partial charge on any atom is -0.267 e. The summed E-state index contributed by atoms with van der Waals surface area (Å²) in [6.07, 6.45) is 3.36. The Balaban J connectivity index is 2.30. The monoisotopic (exact) mass is 256 g/mol. The number of hydrogen-bond donors (Lipinski definition) is 1. The molecule has 0 unspecified atom stereocenters. The first kappa shape index (κ1) is 11.6. The quantitative estimate of drug-likeness (QED) is 0.724. The van der Waals surface area contributed by atoms with Crippen LogP contribution in [0.2, 0.25) is 0 Å². The zero-order chi connectivity index (χ0) is 12.7. The highest BCUT2D eigenvalue weighted by molar-refractivity contribution is 7.71. The fraction of sp³-hybridized carbons (Fsp3) is 0.333. The minimum atomic E-state index is 0.723. The molecular weight excluding hydrogens is 240 g/mol. The Morgan fingerprint density at radius 3 is 2.61 bits per heavy atom. The first-order chi connectivity index (χ1) is 8.65. The maximum atomic E-state index is 5.17. The van der Waals surface area contributed by atoms with Gasteiger partial charge in [-0.3, -0.25) is 5.10 Å². The first-order valence-corrected chi connectivity index (χ1v) is 6.75. The maximum Gasteiger partial charge on any atom is 0.119 e. The second kappa shape index (κ2) is 4.32. The highest BCUT2D eigenvalue weighted by Gasteiger charge is 2.16. The molecule has 3 rings (SSSR count). The van der Waals surface area contributed by atoms with Crippen molar-refractivity contribution in [3.63, 3.8) is 0 Å². The average Bonchev–Trinajstić information content (AvgIpc) is 2.49. The SMILES string of the molecule is Cc1cc2c(cc1C)-c1n[nH]c(=S)cc1CCC2. The lowest BCUT2D eigenvalue weighted by Crippen LogP contribution is -1.96. The molecule has 0 amide bonds. The van der Waals surface area contributed by atoms with Crippen molar-refractivity contribution in [2.75, 3.05) is 0 Å². The number of rotatable bonds is 0. The normalized spacial score (nSPS) is 13.7. The van der Waals surface area contributed by atoms with Crippen molar-refractivity contribution in [2.24, 2.45) is 0 Å². The van der Waals surface area contributed by atoms with Gasteiger partial charge in [-0.15, -0.1) is 0 Å². The summed E-state index contributed by atoms with van der Waals surface area (Å²) in [5.41, 5.74) is 7.73. The van der Waals surface area contributed by atoms with Crippen molar-refractivity contribution >= 4 is 12.2 Å². The van der Waals surface area contributed by atoms with E-state index < -0.39 is 0 Å². The van der Waals surface area contributed by atoms with E-state index >= 15 is 0 Å². The van der Waals surface area contributed by atoms with E-state index in [0.717, 1.165) is 23.2 Å². The summed E-state index contributed by atoms with van der Waals surface area (Å²) in [7, 11) is 0. The third kappa shape index (κ3) is 1.89. The van der Waals surface area contributed by atoms with Crippen molar-refractivity contribution in [1.29, 1.82) is 0 Å². The van der Waals surface area contributed by atoms with E-state index in [9.17, 15) is 0 Å². The molecule has 3 heteroatoms. The number of aromatic nitrogens is 2. The molecule has 0 aliphatic heterocycles. The molecule has 92 valence electrons. The lowest BCUT2D eigenvalue weighted by molar-refractivity contribution is 0.828. The third-order valence-corrected chi connectivity index (χ3v) is 3.96. The molecule has 0 atom stereocenters. The Hall–Kier alpha value is -1.48. The zero-order valence-corrected chi connectivity index (χ0v) is 11.5. The van der Waals surface area contributed by atoms with Crippen LogP contribution in [0.25, 0.3) is 11.3 Å². The van der Waals surface area contributed by atoms with Crippen molar-refractivity contribution in [3.8, 4) is 11.3 Å². The van der Waals surface area contributed by atoms with Crippen LogP contribution in [0.5, 0.6) is 0 Å². The topological polar surface area (TPSA) is 28.7 Å². The fourth-order valence-corrected chi connectivity index (χ4v) is 2.83. The number of benzene rings is 1. The Kier molecular flexibility index (Phi) is 2.78. The summed E-state index contributed by atoms with van der Waals surface area (Å²) < 4.78 is 0.723. The average molecular weight is 256 g/mol. The molecule has 0 spiro atoms. The predicted molar refractivity (Wildman–Crippen MR) is 76.4 cm³/mol. The van der Waals surface area contributed by atoms with E-state index in [4.69, 9.17) is 12.2 Å². The number of nitrogens with one attached hydrogen (secondary N) is 1. The lowest BCUT2D eigenvalue weighted by Gasteiger charge is -2.11. The molecular formula is C15H16N2S. The molecule has 1 aliphatic rings. The predicted octanol–water partition coefficient (Wildman–Crippen LogP) is 3.91. The van der Waals surface area contributed by atoms with Crippen LogP contribution in [-0.4, -0.2) is 10.2 Å². The van der Waals surface area contributed by atoms with Crippen molar-refractivity contribution < 1.29 is 0 Å². The van der Waals surface area contributed by atoms with Gasteiger partial charge in [-0.2, -0.15) is 5.10 Å². The summed E-state index contributed by atoms with van der Waals surface area (Å²) in [6, 6.07) is 6.63. The van der Waals surface area contributed by atoms with Crippen LogP contribution in [0.1, 0.15) is 28.7 Å². The molecule has 1 aromatic carbocycles. The highest BCUT2D eigenvalue weighted by atomic mass is 32.1. The molecule has 1 heterocycles. The largest absolute Gasteiger partial charge is 0.267 e. The maximum absolute atomic E-state index is 5.17. The summed E-state index contributed by atoms with van der Waals surface area (Å²) in [6.45, 7) is 4.33. The van der Waals surface area contributed by atoms with Gasteiger partial charge in [-0.25, -0.2) is 0 Å². The summed E-state index contributed by atoms with van der Waals surface area (Å²) in [5.74, 6) is 0. The first-order valence-electron chi connectivity index (χ1n) is 6.34. The highest BCUT2D eigenvalue weighted by Crippen LogP contribution is 2.32. The number of hydrogen-bond acceptors (Lipinski definition) is 2. The summed E-state index contributed by atoms with van der Waals surface area (Å²) in [4.78, 5) is 0. The van der Waals surface area contributed by atoms with Gasteiger partial charge in [-0.1, -0.05) is 18.3 Å². The number of aromatic amines is 1. The van der Waals surface area contributed by atoms with Gasteiger partial charge in [0.25, 0.3) is 0 Å². The van der Waals surface area contributed by atoms with Gasteiger partial charge in [0.2, 0.25) is 0 Å². The van der Waals surface area contributed by atoms with E-state index in [1.165, 1.54) is 34.2 Å². The molecule has 0 bridgehead atoms. The van der Waals surface area contributed by atoms with Crippen molar-refractivity contribution in [3.05, 3.63) is 45.1 Å². The standard InChI is InChI=1S/C15H16N2S/c1-9-6-11-4-3-5-12-8-14(18)16-17-15(12)13(11)7-10(9)2/h6-8H,3-5H2,1-2H3,(H,16,18). The van der Waals surface area contributed by atoms with Crippen LogP contribution in [0, 0.1) is 18.5 Å². The lowest BCUT2D eigenvalue weighted by atomic mass is 9.96. The van der Waals surface area contributed by atoms with Gasteiger partial charge in [-0.05, 0) is 67.5 Å². The number of H-pyrrole nitrogens is 1. The van der Waals surface area contributed by atoms with Gasteiger partial charge in [0.1, 0.15) is 4.64 Å². The van der Waals surface area contributed by atoms with E-state index in [2.05, 4.69) is 42.2 Å². The molecule has 0 saturated carbocycles. The Morgan fingerprint density at radius 1 is 1.06 bits per heavy atom. The Labute approximate surface area is 112 Å². The number of fused-ring (bicyclic) bond motifs is 3. The Morgan fingerprint density at radius 2 is 1.78 bits per heavy atom. The Bertz CT molecular complexity index is 671. The van der Waals surface area contributed by atoms with Crippen molar-refractivity contribution in [2.45, 2.75) is 33.1 Å². The minimum absolute atomic E-state index is 0.723. The zero-order valence-electron chi connectivity index (χ0n) is 10.7. The second-order valence-corrected chi connectivity index (χ2v) is 5.49. The fourth-order valence-electron chi connectivity index (χ4n) is 2.64. The van der Waals surface area contributed by atoms with Crippen LogP contribution in [-0.2, 0) is 12.8 Å².